The lowest BCUT2D eigenvalue weighted by Gasteiger charge is -2.40. The van der Waals surface area contributed by atoms with Gasteiger partial charge in [-0.25, -0.2) is 0 Å². The van der Waals surface area contributed by atoms with E-state index in [0.29, 0.717) is 0 Å². The third-order valence-electron chi connectivity index (χ3n) is 13.2. The average Bonchev–Trinajstić information content (AvgIpc) is 3.94. The van der Waals surface area contributed by atoms with Crippen LogP contribution in [-0.2, 0) is 0 Å². The number of hydrogen-bond acceptors (Lipinski definition) is 1. The highest BCUT2D eigenvalue weighted by molar-refractivity contribution is 7.00. The lowest BCUT2D eigenvalue weighted by Crippen LogP contribution is -2.60. The molecule has 0 fully saturated rings. The van der Waals surface area contributed by atoms with Crippen LogP contribution in [0.2, 0.25) is 0 Å². The lowest BCUT2D eigenvalue weighted by molar-refractivity contribution is 1.13. The van der Waals surface area contributed by atoms with Crippen molar-refractivity contribution in [2.75, 3.05) is 4.90 Å². The number of hydrogen-bond donors (Lipinski definition) is 0. The Balaban J connectivity index is 1.22. The Kier molecular flexibility index (Phi) is 6.07. The first-order valence-electron chi connectivity index (χ1n) is 20.5. The molecule has 5 heteroatoms. The second kappa shape index (κ2) is 11.4. The summed E-state index contributed by atoms with van der Waals surface area (Å²) in [7, 11) is 0. The van der Waals surface area contributed by atoms with Crippen LogP contribution in [0.15, 0.2) is 200 Å². The van der Waals surface area contributed by atoms with Crippen LogP contribution < -0.4 is 21.3 Å². The molecular formula is C54H33BN4. The van der Waals surface area contributed by atoms with Gasteiger partial charge in [0.15, 0.2) is 0 Å². The molecule has 0 amide bonds. The molecule has 2 aliphatic heterocycles. The van der Waals surface area contributed by atoms with Gasteiger partial charge in [-0.05, 0) is 83.1 Å². The largest absolute Gasteiger partial charge is 0.311 e. The maximum atomic E-state index is 2.61. The van der Waals surface area contributed by atoms with E-state index in [9.17, 15) is 0 Å². The summed E-state index contributed by atoms with van der Waals surface area (Å²) in [6, 6.07) is 74.1. The number of para-hydroxylation sites is 7. The highest BCUT2D eigenvalue weighted by Crippen LogP contribution is 2.46. The van der Waals surface area contributed by atoms with Crippen LogP contribution in [0.4, 0.5) is 17.1 Å². The molecule has 0 atom stereocenters. The van der Waals surface area contributed by atoms with E-state index >= 15 is 0 Å². The number of anilines is 3. The molecule has 2 aliphatic rings. The first-order chi connectivity index (χ1) is 29.3. The van der Waals surface area contributed by atoms with Gasteiger partial charge in [0, 0.05) is 60.8 Å². The van der Waals surface area contributed by atoms with E-state index in [1.165, 1.54) is 105 Å². The van der Waals surface area contributed by atoms with Crippen molar-refractivity contribution in [3.63, 3.8) is 0 Å². The fourth-order valence-corrected chi connectivity index (χ4v) is 11.0. The van der Waals surface area contributed by atoms with Gasteiger partial charge in [0.25, 0.3) is 6.71 Å². The van der Waals surface area contributed by atoms with E-state index in [1.807, 2.05) is 0 Å². The van der Waals surface area contributed by atoms with Crippen molar-refractivity contribution in [2.45, 2.75) is 0 Å². The zero-order valence-electron chi connectivity index (χ0n) is 31.9. The summed E-state index contributed by atoms with van der Waals surface area (Å²) >= 11 is 0. The molecule has 0 saturated heterocycles. The van der Waals surface area contributed by atoms with Gasteiger partial charge in [-0.2, -0.15) is 0 Å². The Morgan fingerprint density at radius 1 is 0.305 bits per heavy atom. The highest BCUT2D eigenvalue weighted by Gasteiger charge is 2.43. The molecule has 59 heavy (non-hydrogen) atoms. The molecule has 12 aromatic rings. The molecule has 3 aromatic heterocycles. The first kappa shape index (κ1) is 31.3. The zero-order chi connectivity index (χ0) is 38.3. The first-order valence-corrected chi connectivity index (χ1v) is 20.5. The molecule has 0 saturated carbocycles. The van der Waals surface area contributed by atoms with Crippen molar-refractivity contribution in [1.82, 2.24) is 13.7 Å². The Morgan fingerprint density at radius 2 is 0.814 bits per heavy atom. The Labute approximate surface area is 340 Å². The minimum Gasteiger partial charge on any atom is -0.311 e. The van der Waals surface area contributed by atoms with E-state index in [0.717, 1.165) is 11.4 Å². The minimum atomic E-state index is 0.00547. The Morgan fingerprint density at radius 3 is 1.49 bits per heavy atom. The molecule has 5 heterocycles. The van der Waals surface area contributed by atoms with Gasteiger partial charge in [0.2, 0.25) is 0 Å². The van der Waals surface area contributed by atoms with Gasteiger partial charge in [0.05, 0.1) is 38.8 Å². The fourth-order valence-electron chi connectivity index (χ4n) is 11.0. The second-order valence-corrected chi connectivity index (χ2v) is 16.1. The van der Waals surface area contributed by atoms with E-state index in [-0.39, 0.29) is 6.71 Å². The van der Waals surface area contributed by atoms with Gasteiger partial charge in [-0.3, -0.25) is 0 Å². The smallest absolute Gasteiger partial charge is 0.252 e. The predicted octanol–water partition coefficient (Wildman–Crippen LogP) is 11.6. The van der Waals surface area contributed by atoms with Gasteiger partial charge >= 0.3 is 0 Å². The average molecular weight is 749 g/mol. The quantitative estimate of drug-likeness (QED) is 0.165. The minimum absolute atomic E-state index is 0.00547. The molecule has 4 nitrogen and oxygen atoms in total. The van der Waals surface area contributed by atoms with Gasteiger partial charge < -0.3 is 18.6 Å². The normalized spacial score (nSPS) is 13.0. The summed E-state index contributed by atoms with van der Waals surface area (Å²) < 4.78 is 7.59. The van der Waals surface area contributed by atoms with Crippen LogP contribution >= 0.6 is 0 Å². The number of rotatable bonds is 3. The number of benzene rings is 9. The van der Waals surface area contributed by atoms with Crippen molar-refractivity contribution in [1.29, 1.82) is 0 Å². The number of aromatic nitrogens is 3. The molecule has 14 rings (SSSR count). The molecule has 0 unspecified atom stereocenters. The maximum absolute atomic E-state index is 2.61. The Hall–Kier alpha value is -7.76. The maximum Gasteiger partial charge on any atom is 0.252 e. The molecule has 9 aromatic carbocycles. The van der Waals surface area contributed by atoms with Crippen LogP contribution in [0.3, 0.4) is 0 Å². The molecular weight excluding hydrogens is 715 g/mol. The van der Waals surface area contributed by atoms with Crippen LogP contribution in [0.25, 0.3) is 82.5 Å². The molecule has 272 valence electrons. The van der Waals surface area contributed by atoms with Gasteiger partial charge in [0.1, 0.15) is 0 Å². The predicted molar refractivity (Wildman–Crippen MR) is 249 cm³/mol. The Bertz CT molecular complexity index is 3690. The SMILES string of the molecule is c1ccc(N2c3ccccc3B3c4c2cc(-n2c5ccccc5c5ccccc52)cc4-n2c4ccccc4c4c2c3cc2c3ccccc3n(-c3ccccc3)c24)cc1. The number of nitrogens with zero attached hydrogens (tertiary/aromatic N) is 4. The van der Waals surface area contributed by atoms with E-state index in [2.05, 4.69) is 219 Å². The van der Waals surface area contributed by atoms with Gasteiger partial charge in [-0.1, -0.05) is 133 Å². The van der Waals surface area contributed by atoms with Crippen LogP contribution in [-0.4, -0.2) is 20.4 Å². The summed E-state index contributed by atoms with van der Waals surface area (Å²) in [5.41, 5.74) is 18.5. The topological polar surface area (TPSA) is 18.0 Å². The van der Waals surface area contributed by atoms with E-state index in [4.69, 9.17) is 0 Å². The van der Waals surface area contributed by atoms with Crippen molar-refractivity contribution < 1.29 is 0 Å². The second-order valence-electron chi connectivity index (χ2n) is 16.1. The summed E-state index contributed by atoms with van der Waals surface area (Å²) in [5, 5.41) is 7.62. The number of fused-ring (bicyclic) bond motifs is 14. The third-order valence-corrected chi connectivity index (χ3v) is 13.2. The molecule has 0 bridgehead atoms. The third kappa shape index (κ3) is 3.99. The standard InChI is InChI=1S/C54H33BN4/c1-3-17-34(18-4-1)56-48-30-16-11-25-42(48)55-43-33-41-39-23-9-14-28-46(39)58(35-19-5-2-6-20-35)53(41)51-40-24-10-15-29-47(40)59(54(43)51)50-32-36(31-49(56)52(50)55)57-44-26-12-7-21-37(44)38-22-8-13-27-45(38)57/h1-33H. The molecule has 0 spiro atoms. The summed E-state index contributed by atoms with van der Waals surface area (Å²) in [6.07, 6.45) is 0. The van der Waals surface area contributed by atoms with E-state index < -0.39 is 0 Å². The van der Waals surface area contributed by atoms with Crippen molar-refractivity contribution in [2.24, 2.45) is 0 Å². The van der Waals surface area contributed by atoms with Crippen molar-refractivity contribution in [3.8, 4) is 17.1 Å². The summed E-state index contributed by atoms with van der Waals surface area (Å²) in [5.74, 6) is 0. The van der Waals surface area contributed by atoms with Crippen molar-refractivity contribution >= 4 is 106 Å². The highest BCUT2D eigenvalue weighted by atomic mass is 15.2. The fraction of sp³-hybridized carbons (Fsp3) is 0. The lowest BCUT2D eigenvalue weighted by atomic mass is 9.33. The van der Waals surface area contributed by atoms with Crippen LogP contribution in [0, 0.1) is 0 Å². The summed E-state index contributed by atoms with van der Waals surface area (Å²) in [6.45, 7) is 0.00547. The van der Waals surface area contributed by atoms with Crippen LogP contribution in [0.5, 0.6) is 0 Å². The molecule has 0 radical (unpaired) electrons. The monoisotopic (exact) mass is 748 g/mol. The van der Waals surface area contributed by atoms with Crippen molar-refractivity contribution in [3.05, 3.63) is 200 Å². The van der Waals surface area contributed by atoms with Crippen LogP contribution in [0.1, 0.15) is 0 Å². The van der Waals surface area contributed by atoms with Gasteiger partial charge in [-0.15, -0.1) is 0 Å². The molecule has 0 N–H and O–H groups in total. The van der Waals surface area contributed by atoms with E-state index in [1.54, 1.807) is 0 Å². The summed E-state index contributed by atoms with van der Waals surface area (Å²) in [4.78, 5) is 2.51. The zero-order valence-corrected chi connectivity index (χ0v) is 31.9. The molecule has 0 aliphatic carbocycles.